The standard InChI is InChI=1S/C7H6N3/c8-7-5-3-1-2-4-6(5)9-10-7/h1-4H,8H2. The Balaban J connectivity index is 2.59. The van der Waals surface area contributed by atoms with Crippen LogP contribution < -0.4 is 5.73 Å². The Morgan fingerprint density at radius 3 is 2.70 bits per heavy atom. The molecule has 3 heteroatoms. The molecule has 1 aromatic rings. The highest BCUT2D eigenvalue weighted by Crippen LogP contribution is 2.30. The second kappa shape index (κ2) is 1.88. The summed E-state index contributed by atoms with van der Waals surface area (Å²) in [6.07, 6.45) is 0.510. The Hall–Kier alpha value is -1.22. The van der Waals surface area contributed by atoms with Gasteiger partial charge in [-0.3, -0.25) is 5.73 Å². The Labute approximate surface area is 58.6 Å². The van der Waals surface area contributed by atoms with E-state index in [9.17, 15) is 0 Å². The third-order valence-electron chi connectivity index (χ3n) is 1.45. The first-order valence-electron chi connectivity index (χ1n) is 3.01. The van der Waals surface area contributed by atoms with Crippen LogP contribution in [0.2, 0.25) is 0 Å². The van der Waals surface area contributed by atoms with Gasteiger partial charge in [-0.05, 0) is 6.07 Å². The maximum absolute atomic E-state index is 5.50. The summed E-state index contributed by atoms with van der Waals surface area (Å²) in [5.74, 6) is 0. The largest absolute Gasteiger partial charge is 0.298 e. The van der Waals surface area contributed by atoms with Crippen LogP contribution in [-0.2, 0) is 0 Å². The molecular weight excluding hydrogens is 126 g/mol. The van der Waals surface area contributed by atoms with Crippen molar-refractivity contribution in [3.05, 3.63) is 36.0 Å². The molecular formula is C7H6N3. The molecule has 0 amide bonds. The van der Waals surface area contributed by atoms with E-state index in [0.29, 0.717) is 6.17 Å². The van der Waals surface area contributed by atoms with Gasteiger partial charge in [0.15, 0.2) is 0 Å². The number of nitrogens with zero attached hydrogens (tertiary/aromatic N) is 2. The molecule has 2 N–H and O–H groups in total. The Kier molecular flexibility index (Phi) is 1.05. The molecule has 0 saturated carbocycles. The minimum Gasteiger partial charge on any atom is -0.298 e. The van der Waals surface area contributed by atoms with E-state index < -0.39 is 0 Å². The molecule has 10 heavy (non-hydrogen) atoms. The predicted octanol–water partition coefficient (Wildman–Crippen LogP) is 1.58. The fourth-order valence-corrected chi connectivity index (χ4v) is 0.939. The molecule has 2 rings (SSSR count). The monoisotopic (exact) mass is 132 g/mol. The molecule has 1 radical (unpaired) electrons. The van der Waals surface area contributed by atoms with Gasteiger partial charge in [0.25, 0.3) is 0 Å². The molecule has 0 saturated heterocycles. The summed E-state index contributed by atoms with van der Waals surface area (Å²) in [5.41, 5.74) is 7.30. The van der Waals surface area contributed by atoms with Crippen LogP contribution >= 0.6 is 0 Å². The van der Waals surface area contributed by atoms with E-state index in [4.69, 9.17) is 5.73 Å². The molecule has 1 aromatic carbocycles. The van der Waals surface area contributed by atoms with Crippen molar-refractivity contribution in [3.63, 3.8) is 0 Å². The zero-order valence-electron chi connectivity index (χ0n) is 5.28. The number of fused-ring (bicyclic) bond motifs is 1. The lowest BCUT2D eigenvalue weighted by Crippen LogP contribution is -2.03. The topological polar surface area (TPSA) is 50.7 Å². The molecule has 0 atom stereocenters. The fourth-order valence-electron chi connectivity index (χ4n) is 0.939. The Bertz CT molecular complexity index is 280. The fraction of sp³-hybridized carbons (Fsp3) is 0. The van der Waals surface area contributed by atoms with Gasteiger partial charge in [-0.15, -0.1) is 0 Å². The van der Waals surface area contributed by atoms with Gasteiger partial charge in [0.05, 0.1) is 5.69 Å². The van der Waals surface area contributed by atoms with Gasteiger partial charge in [-0.2, -0.15) is 10.2 Å². The van der Waals surface area contributed by atoms with Gasteiger partial charge in [0, 0.05) is 5.56 Å². The Morgan fingerprint density at radius 2 is 1.90 bits per heavy atom. The summed E-state index contributed by atoms with van der Waals surface area (Å²) >= 11 is 0. The van der Waals surface area contributed by atoms with Crippen LogP contribution in [0.3, 0.4) is 0 Å². The number of hydrogen-bond acceptors (Lipinski definition) is 3. The minimum absolute atomic E-state index is 0.510. The second-order valence-corrected chi connectivity index (χ2v) is 2.10. The molecule has 1 heterocycles. The van der Waals surface area contributed by atoms with Crippen molar-refractivity contribution in [1.82, 2.24) is 0 Å². The van der Waals surface area contributed by atoms with Crippen molar-refractivity contribution in [3.8, 4) is 0 Å². The molecule has 1 aliphatic heterocycles. The summed E-state index contributed by atoms with van der Waals surface area (Å²) in [6.45, 7) is 0. The molecule has 49 valence electrons. The first kappa shape index (κ1) is 5.56. The van der Waals surface area contributed by atoms with Crippen LogP contribution in [0.15, 0.2) is 34.5 Å². The molecule has 0 fully saturated rings. The van der Waals surface area contributed by atoms with Gasteiger partial charge in [-0.1, -0.05) is 18.2 Å². The number of benzene rings is 1. The summed E-state index contributed by atoms with van der Waals surface area (Å²) in [7, 11) is 0. The second-order valence-electron chi connectivity index (χ2n) is 2.10. The zero-order valence-corrected chi connectivity index (χ0v) is 5.28. The summed E-state index contributed by atoms with van der Waals surface area (Å²) < 4.78 is 0. The van der Waals surface area contributed by atoms with E-state index in [1.54, 1.807) is 0 Å². The number of hydrogen-bond donors (Lipinski definition) is 1. The average Bonchev–Trinajstić information content (AvgIpc) is 2.34. The molecule has 0 aromatic heterocycles. The number of rotatable bonds is 0. The van der Waals surface area contributed by atoms with Gasteiger partial charge < -0.3 is 0 Å². The zero-order chi connectivity index (χ0) is 6.97. The summed E-state index contributed by atoms with van der Waals surface area (Å²) in [4.78, 5) is 0. The molecule has 0 spiro atoms. The van der Waals surface area contributed by atoms with Crippen LogP contribution in [0.5, 0.6) is 0 Å². The minimum atomic E-state index is 0.510. The highest BCUT2D eigenvalue weighted by atomic mass is 15.2. The lowest BCUT2D eigenvalue weighted by molar-refractivity contribution is 1.02. The van der Waals surface area contributed by atoms with E-state index in [0.717, 1.165) is 11.3 Å². The van der Waals surface area contributed by atoms with Crippen LogP contribution in [0.25, 0.3) is 0 Å². The number of nitrogens with two attached hydrogens (primary N) is 1. The SMILES string of the molecule is N[C]1N=Nc2ccccc21. The normalized spacial score (nSPS) is 15.7. The predicted molar refractivity (Wildman–Crippen MR) is 37.5 cm³/mol. The van der Waals surface area contributed by atoms with Crippen molar-refractivity contribution in [2.75, 3.05) is 0 Å². The lowest BCUT2D eigenvalue weighted by Gasteiger charge is -1.95. The van der Waals surface area contributed by atoms with Crippen LogP contribution in [-0.4, -0.2) is 0 Å². The van der Waals surface area contributed by atoms with Gasteiger partial charge >= 0.3 is 0 Å². The van der Waals surface area contributed by atoms with E-state index in [-0.39, 0.29) is 0 Å². The Morgan fingerprint density at radius 1 is 1.10 bits per heavy atom. The first-order chi connectivity index (χ1) is 4.88. The highest BCUT2D eigenvalue weighted by molar-refractivity contribution is 5.54. The molecule has 0 unspecified atom stereocenters. The first-order valence-corrected chi connectivity index (χ1v) is 3.01. The maximum Gasteiger partial charge on any atom is 0.202 e. The maximum atomic E-state index is 5.50. The molecule has 0 aliphatic carbocycles. The summed E-state index contributed by atoms with van der Waals surface area (Å²) in [6, 6.07) is 7.63. The number of azo groups is 1. The van der Waals surface area contributed by atoms with Gasteiger partial charge in [-0.25, -0.2) is 0 Å². The van der Waals surface area contributed by atoms with E-state index >= 15 is 0 Å². The lowest BCUT2D eigenvalue weighted by atomic mass is 10.1. The van der Waals surface area contributed by atoms with Gasteiger partial charge in [0.1, 0.15) is 0 Å². The van der Waals surface area contributed by atoms with Crippen molar-refractivity contribution < 1.29 is 0 Å². The van der Waals surface area contributed by atoms with E-state index in [1.807, 2.05) is 24.3 Å². The van der Waals surface area contributed by atoms with Crippen LogP contribution in [0, 0.1) is 6.17 Å². The molecule has 3 nitrogen and oxygen atoms in total. The molecule has 1 aliphatic rings. The summed E-state index contributed by atoms with van der Waals surface area (Å²) in [5, 5.41) is 7.57. The average molecular weight is 132 g/mol. The van der Waals surface area contributed by atoms with Crippen LogP contribution in [0.4, 0.5) is 5.69 Å². The van der Waals surface area contributed by atoms with Crippen molar-refractivity contribution >= 4 is 5.69 Å². The van der Waals surface area contributed by atoms with Crippen molar-refractivity contribution in [2.24, 2.45) is 16.0 Å². The quantitative estimate of drug-likeness (QED) is 0.572. The van der Waals surface area contributed by atoms with Crippen LogP contribution in [0.1, 0.15) is 5.56 Å². The van der Waals surface area contributed by atoms with Crippen molar-refractivity contribution in [1.29, 1.82) is 0 Å². The van der Waals surface area contributed by atoms with E-state index in [1.165, 1.54) is 0 Å². The third-order valence-corrected chi connectivity index (χ3v) is 1.45. The van der Waals surface area contributed by atoms with Crippen molar-refractivity contribution in [2.45, 2.75) is 0 Å². The van der Waals surface area contributed by atoms with E-state index in [2.05, 4.69) is 10.2 Å². The third kappa shape index (κ3) is 0.642. The highest BCUT2D eigenvalue weighted by Gasteiger charge is 2.15. The van der Waals surface area contributed by atoms with Gasteiger partial charge in [0.2, 0.25) is 6.17 Å². The smallest absolute Gasteiger partial charge is 0.202 e. The molecule has 0 bridgehead atoms.